The molecule has 0 aromatic carbocycles. The SMILES string of the molecule is C.CC(C)C1CC/C=C/CCC1. The van der Waals surface area contributed by atoms with E-state index in [1.165, 1.54) is 32.1 Å². The topological polar surface area (TPSA) is 0 Å². The monoisotopic (exact) mass is 168 g/mol. The predicted molar refractivity (Wildman–Crippen MR) is 57.3 cm³/mol. The van der Waals surface area contributed by atoms with Crippen LogP contribution in [0, 0.1) is 11.8 Å². The van der Waals surface area contributed by atoms with E-state index in [0.29, 0.717) is 0 Å². The predicted octanol–water partition coefficient (Wildman–Crippen LogP) is 4.42. The van der Waals surface area contributed by atoms with Gasteiger partial charge < -0.3 is 0 Å². The highest BCUT2D eigenvalue weighted by Crippen LogP contribution is 2.25. The fourth-order valence-corrected chi connectivity index (χ4v) is 1.85. The molecule has 0 aromatic rings. The lowest BCUT2D eigenvalue weighted by atomic mass is 9.85. The largest absolute Gasteiger partial charge is 0.0885 e. The standard InChI is InChI=1S/C11H20.CH4/c1-10(2)11-8-6-4-3-5-7-9-11;/h3-4,10-11H,5-9H2,1-2H3;1H4/b4-3+;. The summed E-state index contributed by atoms with van der Waals surface area (Å²) in [6.45, 7) is 4.71. The van der Waals surface area contributed by atoms with E-state index in [2.05, 4.69) is 26.0 Å². The van der Waals surface area contributed by atoms with E-state index < -0.39 is 0 Å². The second-order valence-electron chi connectivity index (χ2n) is 3.98. The van der Waals surface area contributed by atoms with E-state index in [9.17, 15) is 0 Å². The summed E-state index contributed by atoms with van der Waals surface area (Å²) >= 11 is 0. The number of rotatable bonds is 1. The number of allylic oxidation sites excluding steroid dienone is 2. The Morgan fingerprint density at radius 1 is 1.08 bits per heavy atom. The van der Waals surface area contributed by atoms with Gasteiger partial charge in [0.15, 0.2) is 0 Å². The Kier molecular flexibility index (Phi) is 6.14. The van der Waals surface area contributed by atoms with Crippen LogP contribution in [-0.4, -0.2) is 0 Å². The van der Waals surface area contributed by atoms with E-state index in [1.807, 2.05) is 0 Å². The molecule has 0 spiro atoms. The molecule has 0 heteroatoms. The first-order chi connectivity index (χ1) is 5.30. The van der Waals surface area contributed by atoms with Crippen molar-refractivity contribution >= 4 is 0 Å². The molecule has 72 valence electrons. The fourth-order valence-electron chi connectivity index (χ4n) is 1.85. The Morgan fingerprint density at radius 3 is 2.42 bits per heavy atom. The number of hydrogen-bond donors (Lipinski definition) is 0. The van der Waals surface area contributed by atoms with Crippen LogP contribution in [0.5, 0.6) is 0 Å². The van der Waals surface area contributed by atoms with Gasteiger partial charge in [0.2, 0.25) is 0 Å². The molecule has 0 saturated carbocycles. The van der Waals surface area contributed by atoms with Gasteiger partial charge in [-0.2, -0.15) is 0 Å². The van der Waals surface area contributed by atoms with Crippen LogP contribution in [0.1, 0.15) is 53.4 Å². The Balaban J connectivity index is 0.00000121. The van der Waals surface area contributed by atoms with Gasteiger partial charge in [0, 0.05) is 0 Å². The molecule has 1 aliphatic carbocycles. The first kappa shape index (κ1) is 11.7. The van der Waals surface area contributed by atoms with Crippen LogP contribution in [-0.2, 0) is 0 Å². The van der Waals surface area contributed by atoms with Crippen molar-refractivity contribution in [2.24, 2.45) is 11.8 Å². The molecule has 0 bridgehead atoms. The summed E-state index contributed by atoms with van der Waals surface area (Å²) < 4.78 is 0. The maximum Gasteiger partial charge on any atom is -0.0348 e. The van der Waals surface area contributed by atoms with Gasteiger partial charge in [-0.15, -0.1) is 0 Å². The van der Waals surface area contributed by atoms with E-state index in [0.717, 1.165) is 11.8 Å². The Hall–Kier alpha value is -0.260. The molecule has 1 unspecified atom stereocenters. The average Bonchev–Trinajstić information content (AvgIpc) is 1.84. The van der Waals surface area contributed by atoms with E-state index in [1.54, 1.807) is 0 Å². The molecule has 1 rings (SSSR count). The molecular formula is C12H24. The van der Waals surface area contributed by atoms with Gasteiger partial charge in [0.05, 0.1) is 0 Å². The van der Waals surface area contributed by atoms with Crippen molar-refractivity contribution in [1.82, 2.24) is 0 Å². The molecule has 0 N–H and O–H groups in total. The summed E-state index contributed by atoms with van der Waals surface area (Å²) in [5.74, 6) is 1.88. The first-order valence-corrected chi connectivity index (χ1v) is 4.95. The van der Waals surface area contributed by atoms with Crippen molar-refractivity contribution in [1.29, 1.82) is 0 Å². The van der Waals surface area contributed by atoms with Crippen LogP contribution in [0.15, 0.2) is 12.2 Å². The summed E-state index contributed by atoms with van der Waals surface area (Å²) in [4.78, 5) is 0. The van der Waals surface area contributed by atoms with Crippen molar-refractivity contribution in [3.05, 3.63) is 12.2 Å². The molecule has 1 aliphatic rings. The maximum absolute atomic E-state index is 2.36. The lowest BCUT2D eigenvalue weighted by Gasteiger charge is -2.20. The molecule has 0 fully saturated rings. The zero-order valence-electron chi connectivity index (χ0n) is 7.84. The van der Waals surface area contributed by atoms with Crippen molar-refractivity contribution in [2.45, 2.75) is 53.4 Å². The first-order valence-electron chi connectivity index (χ1n) is 4.95. The minimum Gasteiger partial charge on any atom is -0.0885 e. The molecule has 12 heavy (non-hydrogen) atoms. The van der Waals surface area contributed by atoms with Gasteiger partial charge in [-0.1, -0.05) is 33.4 Å². The van der Waals surface area contributed by atoms with Crippen LogP contribution in [0.3, 0.4) is 0 Å². The third-order valence-corrected chi connectivity index (χ3v) is 2.76. The zero-order valence-corrected chi connectivity index (χ0v) is 7.84. The van der Waals surface area contributed by atoms with Crippen LogP contribution in [0.25, 0.3) is 0 Å². The van der Waals surface area contributed by atoms with Crippen LogP contribution in [0.4, 0.5) is 0 Å². The van der Waals surface area contributed by atoms with Crippen molar-refractivity contribution in [3.63, 3.8) is 0 Å². The highest BCUT2D eigenvalue weighted by atomic mass is 14.2. The summed E-state index contributed by atoms with van der Waals surface area (Å²) in [5, 5.41) is 0. The fraction of sp³-hybridized carbons (Fsp3) is 0.833. The molecule has 0 aromatic heterocycles. The normalized spacial score (nSPS) is 27.1. The number of hydrogen-bond acceptors (Lipinski definition) is 0. The quantitative estimate of drug-likeness (QED) is 0.509. The van der Waals surface area contributed by atoms with Crippen LogP contribution >= 0.6 is 0 Å². The third kappa shape index (κ3) is 3.94. The average molecular weight is 168 g/mol. The highest BCUT2D eigenvalue weighted by Gasteiger charge is 2.12. The highest BCUT2D eigenvalue weighted by molar-refractivity contribution is 4.85. The van der Waals surface area contributed by atoms with Crippen molar-refractivity contribution in [2.75, 3.05) is 0 Å². The molecule has 0 nitrogen and oxygen atoms in total. The van der Waals surface area contributed by atoms with Gasteiger partial charge in [0.25, 0.3) is 0 Å². The van der Waals surface area contributed by atoms with E-state index in [-0.39, 0.29) is 7.43 Å². The summed E-state index contributed by atoms with van der Waals surface area (Å²) in [5.41, 5.74) is 0. The Bertz CT molecular complexity index is 122. The Labute approximate surface area is 78.1 Å². The minimum absolute atomic E-state index is 0. The zero-order chi connectivity index (χ0) is 8.10. The van der Waals surface area contributed by atoms with Gasteiger partial charge in [0.1, 0.15) is 0 Å². The lowest BCUT2D eigenvalue weighted by molar-refractivity contribution is 0.329. The summed E-state index contributed by atoms with van der Waals surface area (Å²) in [6, 6.07) is 0. The van der Waals surface area contributed by atoms with Gasteiger partial charge in [-0.3, -0.25) is 0 Å². The second kappa shape index (κ2) is 6.28. The van der Waals surface area contributed by atoms with Crippen LogP contribution in [0.2, 0.25) is 0 Å². The summed E-state index contributed by atoms with van der Waals surface area (Å²) in [6.07, 6.45) is 11.6. The van der Waals surface area contributed by atoms with Crippen molar-refractivity contribution in [3.8, 4) is 0 Å². The van der Waals surface area contributed by atoms with Crippen molar-refractivity contribution < 1.29 is 0 Å². The molecular weight excluding hydrogens is 144 g/mol. The molecule has 0 aliphatic heterocycles. The van der Waals surface area contributed by atoms with E-state index >= 15 is 0 Å². The van der Waals surface area contributed by atoms with Gasteiger partial charge in [-0.25, -0.2) is 0 Å². The molecule has 0 saturated heterocycles. The van der Waals surface area contributed by atoms with Crippen LogP contribution < -0.4 is 0 Å². The molecule has 1 atom stereocenters. The summed E-state index contributed by atoms with van der Waals surface area (Å²) in [7, 11) is 0. The van der Waals surface area contributed by atoms with Gasteiger partial charge >= 0.3 is 0 Å². The maximum atomic E-state index is 2.36. The third-order valence-electron chi connectivity index (χ3n) is 2.76. The molecule has 0 heterocycles. The van der Waals surface area contributed by atoms with E-state index in [4.69, 9.17) is 0 Å². The molecule has 0 radical (unpaired) electrons. The lowest BCUT2D eigenvalue weighted by Crippen LogP contribution is -2.09. The smallest absolute Gasteiger partial charge is 0.0348 e. The van der Waals surface area contributed by atoms with Gasteiger partial charge in [-0.05, 0) is 43.9 Å². The Morgan fingerprint density at radius 2 is 1.75 bits per heavy atom. The molecule has 0 amide bonds. The minimum atomic E-state index is 0. The second-order valence-corrected chi connectivity index (χ2v) is 3.98.